The van der Waals surface area contributed by atoms with Gasteiger partial charge in [-0.2, -0.15) is 4.68 Å². The lowest BCUT2D eigenvalue weighted by Gasteiger charge is -2.22. The summed E-state index contributed by atoms with van der Waals surface area (Å²) in [6.45, 7) is 5.45. The molecule has 0 atom stereocenters. The van der Waals surface area contributed by atoms with E-state index < -0.39 is 0 Å². The van der Waals surface area contributed by atoms with Gasteiger partial charge in [-0.1, -0.05) is 60.6 Å². The number of aryl methyl sites for hydroxylation is 1. The van der Waals surface area contributed by atoms with Crippen LogP contribution in [-0.4, -0.2) is 50.4 Å². The van der Waals surface area contributed by atoms with Crippen LogP contribution in [0.15, 0.2) is 53.7 Å². The molecule has 152 valence electrons. The Morgan fingerprint density at radius 3 is 2.66 bits per heavy atom. The average molecular weight is 412 g/mol. The van der Waals surface area contributed by atoms with Gasteiger partial charge in [-0.3, -0.25) is 4.79 Å². The smallest absolute Gasteiger partial charge is 0.233 e. The highest BCUT2D eigenvalue weighted by molar-refractivity contribution is 7.99. The summed E-state index contributed by atoms with van der Waals surface area (Å²) in [4.78, 5) is 14.8. The second-order valence-electron chi connectivity index (χ2n) is 6.63. The number of nitrogens with zero attached hydrogens (tertiary/aromatic N) is 5. The van der Waals surface area contributed by atoms with E-state index in [1.807, 2.05) is 29.2 Å². The van der Waals surface area contributed by atoms with Crippen LogP contribution in [0.2, 0.25) is 0 Å². The maximum Gasteiger partial charge on any atom is 0.233 e. The van der Waals surface area contributed by atoms with E-state index in [0.717, 1.165) is 17.7 Å². The van der Waals surface area contributed by atoms with Crippen molar-refractivity contribution in [2.24, 2.45) is 0 Å². The predicted octanol–water partition coefficient (Wildman–Crippen LogP) is 3.51. The minimum atomic E-state index is 0.0620. The van der Waals surface area contributed by atoms with Crippen LogP contribution in [0, 0.1) is 6.92 Å². The number of thioether (sulfide) groups is 1. The summed E-state index contributed by atoms with van der Waals surface area (Å²) in [5.74, 6) is 0.994. The number of hydrogen-bond donors (Lipinski definition) is 0. The molecule has 0 aliphatic carbocycles. The van der Waals surface area contributed by atoms with Crippen LogP contribution < -0.4 is 4.74 Å². The Kier molecular flexibility index (Phi) is 7.24. The zero-order valence-corrected chi connectivity index (χ0v) is 17.7. The molecule has 3 rings (SSSR count). The molecule has 0 bridgehead atoms. The Balaban J connectivity index is 1.69. The Bertz CT molecular complexity index is 942. The number of carbonyl (C=O) groups excluding carboxylic acids is 1. The topological polar surface area (TPSA) is 73.1 Å². The standard InChI is InChI=1S/C21H25N5O2S/c1-4-13-25(14-17-11-9-16(2)10-12-17)20(27)15-29-21-22-23-24-26(21)18-7-5-6-8-19(18)28-3/h5-12H,4,13-15H2,1-3H3. The molecule has 0 unspecified atom stereocenters. The molecular formula is C21H25N5O2S. The molecule has 8 heteroatoms. The van der Waals surface area contributed by atoms with Crippen molar-refractivity contribution in [2.45, 2.75) is 32.0 Å². The molecule has 7 nitrogen and oxygen atoms in total. The average Bonchev–Trinajstić information content (AvgIpc) is 3.21. The van der Waals surface area contributed by atoms with Gasteiger partial charge in [0.25, 0.3) is 0 Å². The molecule has 1 amide bonds. The fourth-order valence-corrected chi connectivity index (χ4v) is 3.70. The largest absolute Gasteiger partial charge is 0.494 e. The third kappa shape index (κ3) is 5.35. The molecular weight excluding hydrogens is 386 g/mol. The number of ether oxygens (including phenoxy) is 1. The Morgan fingerprint density at radius 2 is 1.93 bits per heavy atom. The van der Waals surface area contributed by atoms with Crippen LogP contribution in [0.4, 0.5) is 0 Å². The molecule has 0 radical (unpaired) electrons. The summed E-state index contributed by atoms with van der Waals surface area (Å²) in [7, 11) is 1.60. The molecule has 0 fully saturated rings. The lowest BCUT2D eigenvalue weighted by molar-refractivity contribution is -0.129. The molecule has 29 heavy (non-hydrogen) atoms. The zero-order chi connectivity index (χ0) is 20.6. The van der Waals surface area contributed by atoms with Crippen molar-refractivity contribution in [2.75, 3.05) is 19.4 Å². The van der Waals surface area contributed by atoms with E-state index in [9.17, 15) is 4.79 Å². The number of tetrazole rings is 1. The number of rotatable bonds is 9. The number of carbonyl (C=O) groups is 1. The third-order valence-electron chi connectivity index (χ3n) is 4.42. The van der Waals surface area contributed by atoms with Gasteiger partial charge in [-0.25, -0.2) is 0 Å². The summed E-state index contributed by atoms with van der Waals surface area (Å²) < 4.78 is 6.99. The van der Waals surface area contributed by atoms with Gasteiger partial charge < -0.3 is 9.64 Å². The maximum absolute atomic E-state index is 12.9. The quantitative estimate of drug-likeness (QED) is 0.502. The molecule has 0 N–H and O–H groups in total. The molecule has 1 aromatic heterocycles. The minimum absolute atomic E-state index is 0.0620. The van der Waals surface area contributed by atoms with Crippen molar-refractivity contribution in [3.8, 4) is 11.4 Å². The van der Waals surface area contributed by atoms with Crippen LogP contribution in [0.25, 0.3) is 5.69 Å². The predicted molar refractivity (Wildman–Crippen MR) is 113 cm³/mol. The second kappa shape index (κ2) is 10.1. The summed E-state index contributed by atoms with van der Waals surface area (Å²) in [6.07, 6.45) is 0.904. The van der Waals surface area contributed by atoms with Gasteiger partial charge in [0.2, 0.25) is 11.1 Å². The van der Waals surface area contributed by atoms with Crippen molar-refractivity contribution >= 4 is 17.7 Å². The molecule has 1 heterocycles. The van der Waals surface area contributed by atoms with Crippen LogP contribution >= 0.6 is 11.8 Å². The first kappa shape index (κ1) is 20.9. The lowest BCUT2D eigenvalue weighted by Crippen LogP contribution is -2.32. The first-order valence-corrected chi connectivity index (χ1v) is 10.5. The molecule has 0 aliphatic rings. The number of aromatic nitrogens is 4. The number of methoxy groups -OCH3 is 1. The van der Waals surface area contributed by atoms with Gasteiger partial charge in [-0.15, -0.1) is 5.10 Å². The monoisotopic (exact) mass is 411 g/mol. The summed E-state index contributed by atoms with van der Waals surface area (Å²) in [5, 5.41) is 12.5. The van der Waals surface area contributed by atoms with Gasteiger partial charge in [0, 0.05) is 13.1 Å². The van der Waals surface area contributed by atoms with Gasteiger partial charge in [0.15, 0.2) is 0 Å². The van der Waals surface area contributed by atoms with Crippen molar-refractivity contribution < 1.29 is 9.53 Å². The Labute approximate surface area is 175 Å². The molecule has 0 saturated heterocycles. The van der Waals surface area contributed by atoms with Crippen LogP contribution in [0.5, 0.6) is 5.75 Å². The Hall–Kier alpha value is -2.87. The summed E-state index contributed by atoms with van der Waals surface area (Å²) in [5.41, 5.74) is 3.07. The number of hydrogen-bond acceptors (Lipinski definition) is 6. The second-order valence-corrected chi connectivity index (χ2v) is 7.58. The van der Waals surface area contributed by atoms with E-state index in [1.54, 1.807) is 11.8 Å². The normalized spacial score (nSPS) is 10.7. The SMILES string of the molecule is CCCN(Cc1ccc(C)cc1)C(=O)CSc1nnnn1-c1ccccc1OC. The zero-order valence-electron chi connectivity index (χ0n) is 16.9. The van der Waals surface area contributed by atoms with E-state index in [4.69, 9.17) is 4.74 Å². The number of benzene rings is 2. The highest BCUT2D eigenvalue weighted by Crippen LogP contribution is 2.25. The number of amides is 1. The van der Waals surface area contributed by atoms with Crippen LogP contribution in [0.3, 0.4) is 0 Å². The van der Waals surface area contributed by atoms with E-state index >= 15 is 0 Å². The van der Waals surface area contributed by atoms with Gasteiger partial charge >= 0.3 is 0 Å². The molecule has 2 aromatic carbocycles. The van der Waals surface area contributed by atoms with Crippen LogP contribution in [0.1, 0.15) is 24.5 Å². The minimum Gasteiger partial charge on any atom is -0.494 e. The van der Waals surface area contributed by atoms with Gasteiger partial charge in [-0.05, 0) is 41.5 Å². The molecule has 0 saturated carbocycles. The maximum atomic E-state index is 12.9. The Morgan fingerprint density at radius 1 is 1.17 bits per heavy atom. The van der Waals surface area contributed by atoms with Gasteiger partial charge in [0.05, 0.1) is 12.9 Å². The van der Waals surface area contributed by atoms with E-state index in [0.29, 0.717) is 24.0 Å². The van der Waals surface area contributed by atoms with E-state index in [2.05, 4.69) is 53.6 Å². The van der Waals surface area contributed by atoms with Crippen molar-refractivity contribution in [1.82, 2.24) is 25.1 Å². The van der Waals surface area contributed by atoms with E-state index in [-0.39, 0.29) is 11.7 Å². The molecule has 0 aliphatic heterocycles. The fourth-order valence-electron chi connectivity index (χ4n) is 2.92. The molecule has 0 spiro atoms. The van der Waals surface area contributed by atoms with E-state index in [1.165, 1.54) is 17.3 Å². The molecule has 3 aromatic rings. The van der Waals surface area contributed by atoms with Crippen LogP contribution in [-0.2, 0) is 11.3 Å². The summed E-state index contributed by atoms with van der Waals surface area (Å²) >= 11 is 1.32. The van der Waals surface area contributed by atoms with Crippen molar-refractivity contribution in [1.29, 1.82) is 0 Å². The first-order chi connectivity index (χ1) is 14.1. The summed E-state index contributed by atoms with van der Waals surface area (Å²) in [6, 6.07) is 15.8. The van der Waals surface area contributed by atoms with Gasteiger partial charge in [0.1, 0.15) is 11.4 Å². The van der Waals surface area contributed by atoms with Crippen molar-refractivity contribution in [3.05, 3.63) is 59.7 Å². The first-order valence-electron chi connectivity index (χ1n) is 9.50. The number of para-hydroxylation sites is 2. The highest BCUT2D eigenvalue weighted by Gasteiger charge is 2.18. The third-order valence-corrected chi connectivity index (χ3v) is 5.32. The fraction of sp³-hybridized carbons (Fsp3) is 0.333. The lowest BCUT2D eigenvalue weighted by atomic mass is 10.1. The highest BCUT2D eigenvalue weighted by atomic mass is 32.2. The van der Waals surface area contributed by atoms with Crippen molar-refractivity contribution in [3.63, 3.8) is 0 Å².